The van der Waals surface area contributed by atoms with Crippen molar-refractivity contribution in [2.45, 2.75) is 12.7 Å². The minimum atomic E-state index is -0.0780. The molecule has 2 N–H and O–H groups in total. The van der Waals surface area contributed by atoms with Crippen LogP contribution in [0.25, 0.3) is 10.6 Å². The molecule has 2 aromatic heterocycles. The van der Waals surface area contributed by atoms with Crippen molar-refractivity contribution in [3.63, 3.8) is 0 Å². The third-order valence-electron chi connectivity index (χ3n) is 3.92. The minimum absolute atomic E-state index is 0.0645. The van der Waals surface area contributed by atoms with Crippen LogP contribution in [0.5, 0.6) is 0 Å². The summed E-state index contributed by atoms with van der Waals surface area (Å²) in [7, 11) is 0. The number of rotatable bonds is 4. The number of fused-ring (bicyclic) bond motifs is 1. The van der Waals surface area contributed by atoms with Crippen LogP contribution in [0.2, 0.25) is 0 Å². The number of thiophene rings is 1. The highest BCUT2D eigenvalue weighted by Crippen LogP contribution is 2.26. The molecule has 3 aromatic rings. The molecule has 0 radical (unpaired) electrons. The fraction of sp³-hybridized carbons (Fsp3) is 0.176. The first-order valence-corrected chi connectivity index (χ1v) is 9.27. The number of carbonyl (C=O) groups excluding carboxylic acids is 1. The molecule has 0 fully saturated rings. The van der Waals surface area contributed by atoms with Crippen LogP contribution in [0.1, 0.15) is 22.2 Å². The van der Waals surface area contributed by atoms with Crippen LogP contribution < -0.4 is 10.6 Å². The Kier molecular flexibility index (Phi) is 4.22. The molecule has 7 heteroatoms. The molecule has 1 atom stereocenters. The van der Waals surface area contributed by atoms with Gasteiger partial charge in [-0.15, -0.1) is 11.3 Å². The largest absolute Gasteiger partial charge is 0.347 e. The van der Waals surface area contributed by atoms with Crippen LogP contribution in [0, 0.1) is 0 Å². The highest BCUT2D eigenvalue weighted by molar-refractivity contribution is 9.10. The van der Waals surface area contributed by atoms with E-state index in [1.807, 2.05) is 35.7 Å². The second-order valence-corrected chi connectivity index (χ2v) is 7.44. The van der Waals surface area contributed by atoms with E-state index in [-0.39, 0.29) is 12.1 Å². The van der Waals surface area contributed by atoms with Gasteiger partial charge in [-0.05, 0) is 35.2 Å². The number of benzene rings is 1. The molecule has 0 saturated carbocycles. The summed E-state index contributed by atoms with van der Waals surface area (Å²) in [5, 5.41) is 13.1. The molecule has 0 bridgehead atoms. The Morgan fingerprint density at radius 3 is 3.04 bits per heavy atom. The normalized spacial score (nSPS) is 16.7. The summed E-state index contributed by atoms with van der Waals surface area (Å²) in [6.07, 6.45) is -0.0645. The average molecular weight is 403 g/mol. The average Bonchev–Trinajstić information content (AvgIpc) is 3.24. The lowest BCUT2D eigenvalue weighted by Crippen LogP contribution is -2.45. The van der Waals surface area contributed by atoms with Crippen molar-refractivity contribution in [1.29, 1.82) is 0 Å². The molecule has 0 aliphatic carbocycles. The maximum absolute atomic E-state index is 12.1. The van der Waals surface area contributed by atoms with Crippen LogP contribution >= 0.6 is 27.3 Å². The molecular formula is C17H15BrN4OS. The highest BCUT2D eigenvalue weighted by Gasteiger charge is 2.27. The molecule has 24 heavy (non-hydrogen) atoms. The van der Waals surface area contributed by atoms with Crippen LogP contribution in [0.4, 0.5) is 0 Å². The van der Waals surface area contributed by atoms with Gasteiger partial charge >= 0.3 is 0 Å². The van der Waals surface area contributed by atoms with Gasteiger partial charge in [0.25, 0.3) is 5.91 Å². The second-order valence-electron chi connectivity index (χ2n) is 5.57. The molecule has 3 heterocycles. The van der Waals surface area contributed by atoms with Gasteiger partial charge in [-0.3, -0.25) is 10.1 Å². The number of nitrogens with zero attached hydrogens (tertiary/aromatic N) is 2. The predicted octanol–water partition coefficient (Wildman–Crippen LogP) is 3.41. The lowest BCUT2D eigenvalue weighted by molar-refractivity contribution is 0.0900. The van der Waals surface area contributed by atoms with Crippen molar-refractivity contribution in [1.82, 2.24) is 20.4 Å². The quantitative estimate of drug-likeness (QED) is 0.702. The highest BCUT2D eigenvalue weighted by atomic mass is 79.9. The van der Waals surface area contributed by atoms with Crippen molar-refractivity contribution >= 4 is 33.2 Å². The standard InChI is InChI=1S/C17H15BrN4OS/c18-12-4-1-3-11(7-12)9-19-16-10-20-17(23)14-8-13(21-22(14)16)15-5-2-6-24-15/h1-8,16,19H,9-10H2,(H,20,23)/t16-/m0/s1. The molecule has 5 nitrogen and oxygen atoms in total. The SMILES string of the molecule is O=C1NC[C@@H](NCc2cccc(Br)c2)n2nc(-c3cccs3)cc21. The summed E-state index contributed by atoms with van der Waals surface area (Å²) in [6.45, 7) is 1.22. The fourth-order valence-electron chi connectivity index (χ4n) is 2.75. The van der Waals surface area contributed by atoms with Crippen molar-refractivity contribution in [2.75, 3.05) is 6.54 Å². The van der Waals surface area contributed by atoms with Gasteiger partial charge in [0.1, 0.15) is 17.6 Å². The Balaban J connectivity index is 1.58. The Bertz CT molecular complexity index is 875. The monoisotopic (exact) mass is 402 g/mol. The van der Waals surface area contributed by atoms with E-state index >= 15 is 0 Å². The van der Waals surface area contributed by atoms with Crippen LogP contribution in [0.3, 0.4) is 0 Å². The Morgan fingerprint density at radius 2 is 2.25 bits per heavy atom. The zero-order valence-electron chi connectivity index (χ0n) is 12.7. The summed E-state index contributed by atoms with van der Waals surface area (Å²) >= 11 is 5.11. The van der Waals surface area contributed by atoms with E-state index in [0.717, 1.165) is 15.0 Å². The van der Waals surface area contributed by atoms with E-state index in [0.29, 0.717) is 18.8 Å². The van der Waals surface area contributed by atoms with Gasteiger partial charge in [-0.25, -0.2) is 4.68 Å². The van der Waals surface area contributed by atoms with Gasteiger partial charge < -0.3 is 5.32 Å². The van der Waals surface area contributed by atoms with E-state index in [9.17, 15) is 4.79 Å². The predicted molar refractivity (Wildman–Crippen MR) is 97.9 cm³/mol. The van der Waals surface area contributed by atoms with Crippen molar-refractivity contribution in [2.24, 2.45) is 0 Å². The topological polar surface area (TPSA) is 59.0 Å². The number of halogens is 1. The number of aromatic nitrogens is 2. The zero-order chi connectivity index (χ0) is 16.5. The van der Waals surface area contributed by atoms with Gasteiger partial charge in [0.2, 0.25) is 0 Å². The smallest absolute Gasteiger partial charge is 0.269 e. The lowest BCUT2D eigenvalue weighted by Gasteiger charge is -2.25. The lowest BCUT2D eigenvalue weighted by atomic mass is 10.2. The summed E-state index contributed by atoms with van der Waals surface area (Å²) < 4.78 is 2.85. The molecule has 1 aromatic carbocycles. The first-order valence-electron chi connectivity index (χ1n) is 7.60. The van der Waals surface area contributed by atoms with Gasteiger partial charge in [-0.1, -0.05) is 34.1 Å². The fourth-order valence-corrected chi connectivity index (χ4v) is 3.88. The summed E-state index contributed by atoms with van der Waals surface area (Å²) in [5.41, 5.74) is 2.61. The Hall–Kier alpha value is -1.96. The summed E-state index contributed by atoms with van der Waals surface area (Å²) in [4.78, 5) is 13.2. The van der Waals surface area contributed by atoms with Crippen molar-refractivity contribution < 1.29 is 4.79 Å². The van der Waals surface area contributed by atoms with Crippen molar-refractivity contribution in [3.05, 3.63) is 63.6 Å². The second kappa shape index (κ2) is 6.51. The van der Waals surface area contributed by atoms with Gasteiger partial charge in [0, 0.05) is 11.0 Å². The number of hydrogen-bond acceptors (Lipinski definition) is 4. The first-order chi connectivity index (χ1) is 11.7. The van der Waals surface area contributed by atoms with Gasteiger partial charge in [0.15, 0.2) is 0 Å². The van der Waals surface area contributed by atoms with E-state index in [2.05, 4.69) is 43.8 Å². The number of amides is 1. The molecule has 122 valence electrons. The van der Waals surface area contributed by atoms with Gasteiger partial charge in [-0.2, -0.15) is 5.10 Å². The van der Waals surface area contributed by atoms with Crippen LogP contribution in [-0.2, 0) is 6.54 Å². The number of hydrogen-bond donors (Lipinski definition) is 2. The van der Waals surface area contributed by atoms with Crippen molar-refractivity contribution in [3.8, 4) is 10.6 Å². The minimum Gasteiger partial charge on any atom is -0.347 e. The Labute approximate surface area is 151 Å². The Morgan fingerprint density at radius 1 is 1.33 bits per heavy atom. The molecule has 4 rings (SSSR count). The van der Waals surface area contributed by atoms with Crippen LogP contribution in [-0.4, -0.2) is 22.2 Å². The maximum atomic E-state index is 12.1. The molecule has 1 aliphatic rings. The molecular weight excluding hydrogens is 388 g/mol. The van der Waals surface area contributed by atoms with E-state index in [1.165, 1.54) is 5.56 Å². The number of nitrogens with one attached hydrogen (secondary N) is 2. The van der Waals surface area contributed by atoms with Crippen LogP contribution in [0.15, 0.2) is 52.3 Å². The first kappa shape index (κ1) is 15.6. The van der Waals surface area contributed by atoms with E-state index in [4.69, 9.17) is 0 Å². The molecule has 0 saturated heterocycles. The maximum Gasteiger partial charge on any atom is 0.269 e. The third-order valence-corrected chi connectivity index (χ3v) is 5.31. The third kappa shape index (κ3) is 3.02. The molecule has 0 unspecified atom stereocenters. The van der Waals surface area contributed by atoms with Gasteiger partial charge in [0.05, 0.1) is 11.4 Å². The molecule has 1 aliphatic heterocycles. The van der Waals surface area contributed by atoms with E-state index < -0.39 is 0 Å². The molecule has 1 amide bonds. The number of carbonyl (C=O) groups is 1. The summed E-state index contributed by atoms with van der Waals surface area (Å²) in [5.74, 6) is -0.0780. The zero-order valence-corrected chi connectivity index (χ0v) is 15.1. The van der Waals surface area contributed by atoms with E-state index in [1.54, 1.807) is 16.0 Å². The molecule has 0 spiro atoms. The summed E-state index contributed by atoms with van der Waals surface area (Å²) in [6, 6.07) is 14.0.